The van der Waals surface area contributed by atoms with Crippen molar-refractivity contribution in [2.45, 2.75) is 57.2 Å². The molecule has 1 aromatic rings. The first-order valence-corrected chi connectivity index (χ1v) is 12.3. The SMILES string of the molecule is N#Cc1ccc(CN2CCO[C@@H](C(=O)N[C@@H]3CC4CC5CC46C[C@@](C(=O)O)(C5)CC36)C2)cc1. The van der Waals surface area contributed by atoms with Gasteiger partial charge in [0.2, 0.25) is 0 Å². The lowest BCUT2D eigenvalue weighted by molar-refractivity contribution is -0.151. The number of ether oxygens (including phenoxy) is 1. The van der Waals surface area contributed by atoms with Crippen molar-refractivity contribution in [3.63, 3.8) is 0 Å². The lowest BCUT2D eigenvalue weighted by Crippen LogP contribution is -2.52. The van der Waals surface area contributed by atoms with Crippen LogP contribution in [0, 0.1) is 39.9 Å². The van der Waals surface area contributed by atoms with Gasteiger partial charge in [-0.3, -0.25) is 14.5 Å². The topological polar surface area (TPSA) is 103 Å². The van der Waals surface area contributed by atoms with Crippen LogP contribution in [0.3, 0.4) is 0 Å². The number of carboxylic acid groups (broad SMARTS) is 1. The predicted octanol–water partition coefficient (Wildman–Crippen LogP) is 2.54. The molecule has 2 N–H and O–H groups in total. The minimum Gasteiger partial charge on any atom is -0.481 e. The normalized spacial score (nSPS) is 41.0. The van der Waals surface area contributed by atoms with Gasteiger partial charge in [0.05, 0.1) is 23.7 Å². The molecule has 33 heavy (non-hydrogen) atoms. The van der Waals surface area contributed by atoms with Crippen LogP contribution in [0.1, 0.15) is 49.7 Å². The van der Waals surface area contributed by atoms with E-state index >= 15 is 0 Å². The maximum absolute atomic E-state index is 13.2. The number of aliphatic carboxylic acids is 1. The summed E-state index contributed by atoms with van der Waals surface area (Å²) in [5.41, 5.74) is 1.33. The van der Waals surface area contributed by atoms with Gasteiger partial charge in [0.1, 0.15) is 6.10 Å². The van der Waals surface area contributed by atoms with Gasteiger partial charge in [-0.25, -0.2) is 0 Å². The minimum atomic E-state index is -0.624. The molecule has 1 amide bonds. The first kappa shape index (κ1) is 21.1. The molecule has 6 rings (SSSR count). The average Bonchev–Trinajstić information content (AvgIpc) is 3.33. The number of carbonyl (C=O) groups is 2. The molecule has 4 unspecified atom stereocenters. The van der Waals surface area contributed by atoms with Crippen molar-refractivity contribution in [3.05, 3.63) is 35.4 Å². The molecule has 3 bridgehead atoms. The van der Waals surface area contributed by atoms with Crippen molar-refractivity contribution in [2.75, 3.05) is 19.7 Å². The van der Waals surface area contributed by atoms with E-state index in [9.17, 15) is 14.7 Å². The number of fused-ring (bicyclic) bond motifs is 2. The number of nitrogens with zero attached hydrogens (tertiary/aromatic N) is 2. The fraction of sp³-hybridized carbons (Fsp3) is 0.654. The third-order valence-electron chi connectivity index (χ3n) is 9.53. The molecule has 1 saturated heterocycles. The molecule has 1 aromatic carbocycles. The number of hydrogen-bond acceptors (Lipinski definition) is 5. The zero-order valence-corrected chi connectivity index (χ0v) is 18.8. The molecule has 4 aliphatic carbocycles. The highest BCUT2D eigenvalue weighted by molar-refractivity contribution is 5.82. The molecule has 7 heteroatoms. The summed E-state index contributed by atoms with van der Waals surface area (Å²) in [6.07, 6.45) is 5.13. The van der Waals surface area contributed by atoms with Crippen LogP contribution in [0.25, 0.3) is 0 Å². The van der Waals surface area contributed by atoms with E-state index in [1.54, 1.807) is 0 Å². The van der Waals surface area contributed by atoms with Crippen LogP contribution in [0.4, 0.5) is 0 Å². The summed E-state index contributed by atoms with van der Waals surface area (Å²) in [5.74, 6) is 0.720. The molecule has 4 saturated carbocycles. The van der Waals surface area contributed by atoms with Gasteiger partial charge in [-0.2, -0.15) is 5.26 Å². The Balaban J connectivity index is 1.11. The van der Waals surface area contributed by atoms with Gasteiger partial charge in [0, 0.05) is 25.7 Å². The van der Waals surface area contributed by atoms with Crippen LogP contribution >= 0.6 is 0 Å². The van der Waals surface area contributed by atoms with Crippen molar-refractivity contribution in [1.82, 2.24) is 10.2 Å². The summed E-state index contributed by atoms with van der Waals surface area (Å²) >= 11 is 0. The Labute approximate surface area is 194 Å². The van der Waals surface area contributed by atoms with E-state index in [1.165, 1.54) is 0 Å². The first-order valence-electron chi connectivity index (χ1n) is 12.3. The third-order valence-corrected chi connectivity index (χ3v) is 9.53. The molecule has 7 nitrogen and oxygen atoms in total. The quantitative estimate of drug-likeness (QED) is 0.716. The van der Waals surface area contributed by atoms with Gasteiger partial charge in [-0.1, -0.05) is 12.1 Å². The van der Waals surface area contributed by atoms with E-state index in [0.29, 0.717) is 30.6 Å². The maximum Gasteiger partial charge on any atom is 0.309 e. The summed E-state index contributed by atoms with van der Waals surface area (Å²) in [5, 5.41) is 22.3. The third kappa shape index (κ3) is 3.30. The molecule has 5 fully saturated rings. The molecule has 1 heterocycles. The highest BCUT2D eigenvalue weighted by atomic mass is 16.5. The second-order valence-electron chi connectivity index (χ2n) is 11.3. The standard InChI is InChI=1S/C26H31N3O4/c27-12-16-1-3-17(4-2-16)13-29-5-6-33-22(14-29)23(30)28-21-8-19-7-18-9-25(24(31)32)11-20(21)26(19,10-18)15-25/h1-4,18-22H,5-11,13-15H2,(H,28,30)(H,31,32)/t18?,19?,20?,21-,22-,25-,26?/m1/s1. The average molecular weight is 450 g/mol. The maximum atomic E-state index is 13.2. The van der Waals surface area contributed by atoms with Crippen LogP contribution in [-0.2, 0) is 20.9 Å². The van der Waals surface area contributed by atoms with Gasteiger partial charge in [0.25, 0.3) is 5.91 Å². The van der Waals surface area contributed by atoms with Crippen LogP contribution in [0.2, 0.25) is 0 Å². The lowest BCUT2D eigenvalue weighted by Gasteiger charge is -2.36. The summed E-state index contributed by atoms with van der Waals surface area (Å²) in [6, 6.07) is 9.78. The van der Waals surface area contributed by atoms with Crippen molar-refractivity contribution < 1.29 is 19.4 Å². The molecule has 1 spiro atoms. The van der Waals surface area contributed by atoms with Crippen LogP contribution < -0.4 is 5.32 Å². The Bertz CT molecular complexity index is 1020. The van der Waals surface area contributed by atoms with E-state index < -0.39 is 17.5 Å². The largest absolute Gasteiger partial charge is 0.481 e. The Hall–Kier alpha value is -2.43. The van der Waals surface area contributed by atoms with Crippen molar-refractivity contribution in [1.29, 1.82) is 5.26 Å². The summed E-state index contributed by atoms with van der Waals surface area (Å²) in [6.45, 7) is 2.54. The van der Waals surface area contributed by atoms with E-state index in [4.69, 9.17) is 10.00 Å². The number of nitrogens with one attached hydrogen (secondary N) is 1. The highest BCUT2D eigenvalue weighted by Crippen LogP contribution is 2.75. The first-order chi connectivity index (χ1) is 15.9. The Kier molecular flexibility index (Phi) is 4.83. The van der Waals surface area contributed by atoms with Gasteiger partial charge < -0.3 is 15.2 Å². The van der Waals surface area contributed by atoms with Gasteiger partial charge >= 0.3 is 5.97 Å². The molecular weight excluding hydrogens is 418 g/mol. The minimum absolute atomic E-state index is 0.0525. The molecular formula is C26H31N3O4. The zero-order valence-electron chi connectivity index (χ0n) is 18.8. The predicted molar refractivity (Wildman–Crippen MR) is 119 cm³/mol. The molecule has 0 aromatic heterocycles. The smallest absolute Gasteiger partial charge is 0.309 e. The molecule has 1 aliphatic heterocycles. The molecule has 5 aliphatic rings. The zero-order chi connectivity index (χ0) is 22.8. The number of nitriles is 1. The second kappa shape index (κ2) is 7.54. The number of carbonyl (C=O) groups excluding carboxylic acids is 1. The number of carboxylic acids is 1. The summed E-state index contributed by atoms with van der Waals surface area (Å²) in [7, 11) is 0. The van der Waals surface area contributed by atoms with Crippen LogP contribution in [0.15, 0.2) is 24.3 Å². The summed E-state index contributed by atoms with van der Waals surface area (Å²) < 4.78 is 5.85. The van der Waals surface area contributed by atoms with Gasteiger partial charge in [-0.15, -0.1) is 0 Å². The fourth-order valence-corrected chi connectivity index (χ4v) is 8.39. The molecule has 7 atom stereocenters. The molecule has 0 radical (unpaired) electrons. The summed E-state index contributed by atoms with van der Waals surface area (Å²) in [4.78, 5) is 27.7. The molecule has 174 valence electrons. The second-order valence-corrected chi connectivity index (χ2v) is 11.3. The number of hydrogen-bond donors (Lipinski definition) is 2. The van der Waals surface area contributed by atoms with E-state index in [0.717, 1.165) is 57.2 Å². The lowest BCUT2D eigenvalue weighted by atomic mass is 9.68. The van der Waals surface area contributed by atoms with Crippen LogP contribution in [0.5, 0.6) is 0 Å². The Morgan fingerprint density at radius 1 is 1.21 bits per heavy atom. The van der Waals surface area contributed by atoms with Crippen LogP contribution in [-0.4, -0.2) is 53.7 Å². The fourth-order valence-electron chi connectivity index (χ4n) is 8.39. The number of rotatable bonds is 5. The Morgan fingerprint density at radius 2 is 2.03 bits per heavy atom. The highest BCUT2D eigenvalue weighted by Gasteiger charge is 2.72. The van der Waals surface area contributed by atoms with Gasteiger partial charge in [0.15, 0.2) is 0 Å². The van der Waals surface area contributed by atoms with Crippen molar-refractivity contribution in [3.8, 4) is 6.07 Å². The Morgan fingerprint density at radius 3 is 2.79 bits per heavy atom. The number of morpholine rings is 1. The van der Waals surface area contributed by atoms with E-state index in [2.05, 4.69) is 16.3 Å². The van der Waals surface area contributed by atoms with Gasteiger partial charge in [-0.05, 0) is 79.4 Å². The van der Waals surface area contributed by atoms with E-state index in [1.807, 2.05) is 24.3 Å². The van der Waals surface area contributed by atoms with Crippen molar-refractivity contribution >= 4 is 11.9 Å². The van der Waals surface area contributed by atoms with E-state index in [-0.39, 0.29) is 23.3 Å². The number of benzene rings is 1. The van der Waals surface area contributed by atoms with Crippen molar-refractivity contribution in [2.24, 2.45) is 28.6 Å². The number of amides is 1. The monoisotopic (exact) mass is 449 g/mol.